The molecule has 0 saturated heterocycles. The minimum Gasteiger partial charge on any atom is -0.378 e. The highest BCUT2D eigenvalue weighted by atomic mass is 19.4. The lowest BCUT2D eigenvalue weighted by Crippen LogP contribution is -2.30. The van der Waals surface area contributed by atoms with Gasteiger partial charge in [-0.15, -0.1) is 0 Å². The van der Waals surface area contributed by atoms with Gasteiger partial charge >= 0.3 is 6.18 Å². The molecule has 2 aromatic carbocycles. The summed E-state index contributed by atoms with van der Waals surface area (Å²) in [5.41, 5.74) is 0.957. The molecular formula is C19H15F3N2O2. The first-order chi connectivity index (χ1) is 12.4. The van der Waals surface area contributed by atoms with Crippen molar-refractivity contribution in [1.29, 1.82) is 0 Å². The normalized spacial score (nSPS) is 23.9. The summed E-state index contributed by atoms with van der Waals surface area (Å²) in [6, 6.07) is 9.55. The standard InChI is InChI=1S/C19H15F3N2O2/c20-19(21,22)16-7-2-1-4-14(16)18-13-6-3-5-12(13)15-10-11(24(25)26)8-9-17(15)23-18/h1-5,7-10,12-13,18,23H,6H2/t12-,13+,18-/m1/s1. The second-order valence-corrected chi connectivity index (χ2v) is 6.59. The van der Waals surface area contributed by atoms with Crippen molar-refractivity contribution in [3.8, 4) is 0 Å². The van der Waals surface area contributed by atoms with E-state index in [1.54, 1.807) is 12.1 Å². The quantitative estimate of drug-likeness (QED) is 0.441. The number of nitro groups is 1. The molecule has 2 aliphatic rings. The molecule has 0 aromatic heterocycles. The zero-order valence-electron chi connectivity index (χ0n) is 13.5. The fraction of sp³-hybridized carbons (Fsp3) is 0.263. The van der Waals surface area contributed by atoms with Gasteiger partial charge in [0.15, 0.2) is 0 Å². The molecule has 0 spiro atoms. The first-order valence-corrected chi connectivity index (χ1v) is 8.24. The molecule has 1 N–H and O–H groups in total. The van der Waals surface area contributed by atoms with E-state index in [1.165, 1.54) is 24.3 Å². The van der Waals surface area contributed by atoms with Crippen LogP contribution in [-0.2, 0) is 6.18 Å². The Morgan fingerprint density at radius 3 is 2.62 bits per heavy atom. The Bertz CT molecular complexity index is 908. The van der Waals surface area contributed by atoms with Crippen molar-refractivity contribution in [2.75, 3.05) is 5.32 Å². The Morgan fingerprint density at radius 2 is 1.88 bits per heavy atom. The Hall–Kier alpha value is -2.83. The Balaban J connectivity index is 1.81. The molecule has 0 bridgehead atoms. The number of alkyl halides is 3. The molecule has 2 aromatic rings. The summed E-state index contributed by atoms with van der Waals surface area (Å²) < 4.78 is 40.4. The van der Waals surface area contributed by atoms with E-state index in [2.05, 4.69) is 5.32 Å². The topological polar surface area (TPSA) is 55.2 Å². The van der Waals surface area contributed by atoms with Gasteiger partial charge in [0.05, 0.1) is 16.5 Å². The highest BCUT2D eigenvalue weighted by Gasteiger charge is 2.42. The molecule has 1 heterocycles. The molecule has 7 heteroatoms. The molecule has 0 amide bonds. The number of nitrogens with zero attached hydrogens (tertiary/aromatic N) is 1. The van der Waals surface area contributed by atoms with Gasteiger partial charge in [-0.25, -0.2) is 0 Å². The highest BCUT2D eigenvalue weighted by molar-refractivity contribution is 5.63. The average Bonchev–Trinajstić information content (AvgIpc) is 3.10. The predicted molar refractivity (Wildman–Crippen MR) is 90.9 cm³/mol. The van der Waals surface area contributed by atoms with Gasteiger partial charge in [0.25, 0.3) is 5.69 Å². The first kappa shape index (κ1) is 16.6. The average molecular weight is 360 g/mol. The number of benzene rings is 2. The van der Waals surface area contributed by atoms with Crippen molar-refractivity contribution < 1.29 is 18.1 Å². The van der Waals surface area contributed by atoms with Crippen LogP contribution in [-0.4, -0.2) is 4.92 Å². The van der Waals surface area contributed by atoms with Crippen molar-refractivity contribution in [2.45, 2.75) is 24.6 Å². The number of nitro benzene ring substituents is 1. The Morgan fingerprint density at radius 1 is 1.12 bits per heavy atom. The second kappa shape index (κ2) is 5.86. The molecule has 1 aliphatic carbocycles. The summed E-state index contributed by atoms with van der Waals surface area (Å²) in [7, 11) is 0. The predicted octanol–water partition coefficient (Wildman–Crippen LogP) is 5.44. The van der Waals surface area contributed by atoms with Gasteiger partial charge in [-0.3, -0.25) is 10.1 Å². The molecule has 0 unspecified atom stereocenters. The van der Waals surface area contributed by atoms with Crippen LogP contribution in [0.2, 0.25) is 0 Å². The Labute approximate surface area is 147 Å². The molecular weight excluding hydrogens is 345 g/mol. The van der Waals surface area contributed by atoms with Crippen LogP contribution in [0, 0.1) is 16.0 Å². The SMILES string of the molecule is O=[N+]([O-])c1ccc2c(c1)[C@@H]1C=CC[C@@H]1[C@H](c1ccccc1C(F)(F)F)N2. The highest BCUT2D eigenvalue weighted by Crippen LogP contribution is 2.52. The summed E-state index contributed by atoms with van der Waals surface area (Å²) in [5, 5.41) is 14.3. The third kappa shape index (κ3) is 2.64. The minimum absolute atomic E-state index is 0.0151. The number of anilines is 1. The van der Waals surface area contributed by atoms with Gasteiger partial charge in [0.2, 0.25) is 0 Å². The monoisotopic (exact) mass is 360 g/mol. The maximum atomic E-state index is 13.5. The van der Waals surface area contributed by atoms with E-state index in [-0.39, 0.29) is 23.1 Å². The zero-order valence-corrected chi connectivity index (χ0v) is 13.5. The molecule has 26 heavy (non-hydrogen) atoms. The number of allylic oxidation sites excluding steroid dienone is 2. The van der Waals surface area contributed by atoms with Crippen LogP contribution in [0.15, 0.2) is 54.6 Å². The van der Waals surface area contributed by atoms with E-state index < -0.39 is 22.7 Å². The van der Waals surface area contributed by atoms with Crippen LogP contribution in [0.3, 0.4) is 0 Å². The van der Waals surface area contributed by atoms with E-state index in [1.807, 2.05) is 12.2 Å². The number of hydrogen-bond acceptors (Lipinski definition) is 3. The first-order valence-electron chi connectivity index (χ1n) is 8.24. The number of hydrogen-bond donors (Lipinski definition) is 1. The summed E-state index contributed by atoms with van der Waals surface area (Å²) in [6.45, 7) is 0. The van der Waals surface area contributed by atoms with Crippen LogP contribution < -0.4 is 5.32 Å². The molecule has 1 aliphatic heterocycles. The van der Waals surface area contributed by atoms with Gasteiger partial charge < -0.3 is 5.32 Å². The van der Waals surface area contributed by atoms with E-state index in [0.717, 1.165) is 11.6 Å². The Kier molecular flexibility index (Phi) is 3.75. The molecule has 3 atom stereocenters. The van der Waals surface area contributed by atoms with Crippen molar-refractivity contribution in [2.24, 2.45) is 5.92 Å². The van der Waals surface area contributed by atoms with Crippen molar-refractivity contribution >= 4 is 11.4 Å². The lowest BCUT2D eigenvalue weighted by Gasteiger charge is -2.38. The van der Waals surface area contributed by atoms with E-state index in [9.17, 15) is 23.3 Å². The van der Waals surface area contributed by atoms with Gasteiger partial charge in [-0.2, -0.15) is 13.2 Å². The number of rotatable bonds is 2. The molecule has 0 saturated carbocycles. The van der Waals surface area contributed by atoms with Crippen LogP contribution in [0.4, 0.5) is 24.5 Å². The van der Waals surface area contributed by atoms with Crippen molar-refractivity contribution in [3.05, 3.63) is 81.4 Å². The summed E-state index contributed by atoms with van der Waals surface area (Å²) >= 11 is 0. The summed E-state index contributed by atoms with van der Waals surface area (Å²) in [4.78, 5) is 10.6. The van der Waals surface area contributed by atoms with Crippen LogP contribution >= 0.6 is 0 Å². The van der Waals surface area contributed by atoms with E-state index >= 15 is 0 Å². The van der Waals surface area contributed by atoms with Gasteiger partial charge in [-0.05, 0) is 35.6 Å². The minimum atomic E-state index is -4.43. The van der Waals surface area contributed by atoms with E-state index in [0.29, 0.717) is 12.1 Å². The van der Waals surface area contributed by atoms with Gasteiger partial charge in [0.1, 0.15) is 0 Å². The third-order valence-corrected chi connectivity index (χ3v) is 5.16. The van der Waals surface area contributed by atoms with Gasteiger partial charge in [-0.1, -0.05) is 30.4 Å². The van der Waals surface area contributed by atoms with Gasteiger partial charge in [0, 0.05) is 23.7 Å². The molecule has 0 fully saturated rings. The zero-order chi connectivity index (χ0) is 18.5. The van der Waals surface area contributed by atoms with Crippen molar-refractivity contribution in [1.82, 2.24) is 0 Å². The maximum Gasteiger partial charge on any atom is 0.416 e. The van der Waals surface area contributed by atoms with Crippen molar-refractivity contribution in [3.63, 3.8) is 0 Å². The van der Waals surface area contributed by atoms with Crippen LogP contribution in [0.1, 0.15) is 35.1 Å². The summed E-state index contributed by atoms with van der Waals surface area (Å²) in [6.07, 6.45) is 0.0671. The lowest BCUT2D eigenvalue weighted by molar-refractivity contribution is -0.384. The van der Waals surface area contributed by atoms with Crippen LogP contribution in [0.5, 0.6) is 0 Å². The molecule has 4 rings (SSSR count). The third-order valence-electron chi connectivity index (χ3n) is 5.16. The number of non-ortho nitro benzene ring substituents is 1. The lowest BCUT2D eigenvalue weighted by atomic mass is 9.76. The molecule has 4 nitrogen and oxygen atoms in total. The summed E-state index contributed by atoms with van der Waals surface area (Å²) in [5.74, 6) is -0.259. The second-order valence-electron chi connectivity index (χ2n) is 6.59. The largest absolute Gasteiger partial charge is 0.416 e. The molecule has 0 radical (unpaired) electrons. The van der Waals surface area contributed by atoms with Crippen LogP contribution in [0.25, 0.3) is 0 Å². The number of fused-ring (bicyclic) bond motifs is 3. The van der Waals surface area contributed by atoms with E-state index in [4.69, 9.17) is 0 Å². The number of nitrogens with one attached hydrogen (secondary N) is 1. The number of halogens is 3. The fourth-order valence-electron chi connectivity index (χ4n) is 4.03. The molecule has 134 valence electrons. The smallest absolute Gasteiger partial charge is 0.378 e. The fourth-order valence-corrected chi connectivity index (χ4v) is 4.03. The maximum absolute atomic E-state index is 13.5.